The van der Waals surface area contributed by atoms with Crippen molar-refractivity contribution >= 4 is 0 Å². The van der Waals surface area contributed by atoms with Gasteiger partial charge in [0.15, 0.2) is 12.6 Å². The highest BCUT2D eigenvalue weighted by Crippen LogP contribution is 2.70. The number of halogens is 8. The normalized spacial score (nSPS) is 43.7. The van der Waals surface area contributed by atoms with Crippen LogP contribution in [0.5, 0.6) is 0 Å². The number of ether oxygens (including phenoxy) is 4. The van der Waals surface area contributed by atoms with Crippen molar-refractivity contribution in [1.82, 2.24) is 0 Å². The monoisotopic (exact) mass is 332 g/mol. The Kier molecular flexibility index (Phi) is 3.31. The first kappa shape index (κ1) is 16.6. The third kappa shape index (κ3) is 1.88. The summed E-state index contributed by atoms with van der Waals surface area (Å²) in [6.45, 7) is 0.996. The maximum absolute atomic E-state index is 13.7. The third-order valence-corrected chi connectivity index (χ3v) is 3.00. The van der Waals surface area contributed by atoms with E-state index >= 15 is 0 Å². The lowest BCUT2D eigenvalue weighted by molar-refractivity contribution is -0.640. The van der Waals surface area contributed by atoms with E-state index in [4.69, 9.17) is 0 Å². The molecule has 0 radical (unpaired) electrons. The van der Waals surface area contributed by atoms with Gasteiger partial charge in [0.25, 0.3) is 0 Å². The van der Waals surface area contributed by atoms with Crippen LogP contribution in [0.3, 0.4) is 0 Å². The molecule has 0 aromatic heterocycles. The minimum Gasteiger partial charge on any atom is -0.289 e. The van der Waals surface area contributed by atoms with Crippen molar-refractivity contribution in [3.8, 4) is 0 Å². The second kappa shape index (κ2) is 4.18. The molecule has 2 saturated heterocycles. The fourth-order valence-corrected chi connectivity index (χ4v) is 2.25. The summed E-state index contributed by atoms with van der Waals surface area (Å²) in [6.07, 6.45) is -27.7. The highest BCUT2D eigenvalue weighted by molar-refractivity contribution is 5.09. The van der Waals surface area contributed by atoms with Gasteiger partial charge in [-0.3, -0.25) is 18.9 Å². The first-order valence-electron chi connectivity index (χ1n) is 5.43. The summed E-state index contributed by atoms with van der Waals surface area (Å²) in [5.74, 6) is 0. The van der Waals surface area contributed by atoms with Gasteiger partial charge in [-0.25, -0.2) is 0 Å². The molecule has 2 fully saturated rings. The van der Waals surface area contributed by atoms with Gasteiger partial charge in [-0.2, -0.15) is 35.1 Å². The van der Waals surface area contributed by atoms with E-state index in [1.54, 1.807) is 0 Å². The van der Waals surface area contributed by atoms with Crippen LogP contribution < -0.4 is 0 Å². The van der Waals surface area contributed by atoms with E-state index in [0.29, 0.717) is 13.8 Å². The van der Waals surface area contributed by atoms with Gasteiger partial charge in [0, 0.05) is 0 Å². The van der Waals surface area contributed by atoms with E-state index in [9.17, 15) is 35.1 Å². The second-order valence-corrected chi connectivity index (χ2v) is 4.42. The summed E-state index contributed by atoms with van der Waals surface area (Å²) in [5, 5.41) is 0. The molecule has 124 valence electrons. The fourth-order valence-electron chi connectivity index (χ4n) is 2.25. The standard InChI is InChI=1S/C9H8F8O4/c1-3-18-6(10,11)5(7(12,13)19-3)8(14,15)20-4(2)21-9(5,16)17/h3-4H,1-2H3. The molecule has 0 N–H and O–H groups in total. The highest BCUT2D eigenvalue weighted by Gasteiger charge is 2.97. The first-order chi connectivity index (χ1) is 9.20. The quantitative estimate of drug-likeness (QED) is 0.639. The number of alkyl halides is 8. The molecule has 0 unspecified atom stereocenters. The van der Waals surface area contributed by atoms with Crippen molar-refractivity contribution in [3.63, 3.8) is 0 Å². The Morgan fingerprint density at radius 3 is 0.905 bits per heavy atom. The van der Waals surface area contributed by atoms with Crippen LogP contribution in [0.15, 0.2) is 0 Å². The Bertz CT molecular complexity index is 360. The molecule has 0 amide bonds. The first-order valence-corrected chi connectivity index (χ1v) is 5.43. The van der Waals surface area contributed by atoms with E-state index in [1.807, 2.05) is 0 Å². The van der Waals surface area contributed by atoms with E-state index in [-0.39, 0.29) is 0 Å². The summed E-state index contributed by atoms with van der Waals surface area (Å²) >= 11 is 0. The number of hydrogen-bond donors (Lipinski definition) is 0. The van der Waals surface area contributed by atoms with Crippen molar-refractivity contribution < 1.29 is 54.1 Å². The smallest absolute Gasteiger partial charge is 0.289 e. The van der Waals surface area contributed by atoms with Gasteiger partial charge in [-0.15, -0.1) is 0 Å². The molecule has 2 rings (SSSR count). The molecule has 2 aliphatic heterocycles. The van der Waals surface area contributed by atoms with Crippen LogP contribution in [0.1, 0.15) is 13.8 Å². The van der Waals surface area contributed by atoms with E-state index in [0.717, 1.165) is 0 Å². The summed E-state index contributed by atoms with van der Waals surface area (Å²) in [7, 11) is 0. The zero-order valence-electron chi connectivity index (χ0n) is 10.3. The minimum atomic E-state index is -5.82. The molecule has 4 nitrogen and oxygen atoms in total. The molecule has 12 heteroatoms. The van der Waals surface area contributed by atoms with Crippen molar-refractivity contribution in [2.45, 2.75) is 50.9 Å². The van der Waals surface area contributed by atoms with Gasteiger partial charge in [0.1, 0.15) is 0 Å². The lowest BCUT2D eigenvalue weighted by atomic mass is 9.79. The summed E-state index contributed by atoms with van der Waals surface area (Å²) < 4.78 is 123. The van der Waals surface area contributed by atoms with Crippen LogP contribution >= 0.6 is 0 Å². The van der Waals surface area contributed by atoms with E-state index in [1.165, 1.54) is 0 Å². The van der Waals surface area contributed by atoms with Gasteiger partial charge >= 0.3 is 29.8 Å². The van der Waals surface area contributed by atoms with Crippen LogP contribution in [0.2, 0.25) is 0 Å². The van der Waals surface area contributed by atoms with Crippen LogP contribution in [0.25, 0.3) is 0 Å². The maximum Gasteiger partial charge on any atom is 0.389 e. The molecule has 2 heterocycles. The zero-order chi connectivity index (χ0) is 16.5. The van der Waals surface area contributed by atoms with Crippen molar-refractivity contribution in [2.75, 3.05) is 0 Å². The molecule has 0 bridgehead atoms. The third-order valence-electron chi connectivity index (χ3n) is 3.00. The Hall–Kier alpha value is -0.720. The van der Waals surface area contributed by atoms with Crippen LogP contribution in [-0.4, -0.2) is 37.0 Å². The van der Waals surface area contributed by atoms with Gasteiger partial charge in [0.05, 0.1) is 0 Å². The molecule has 2 aliphatic rings. The van der Waals surface area contributed by atoms with E-state index in [2.05, 4.69) is 18.9 Å². The Labute approximate surface area is 111 Å². The SMILES string of the molecule is CC1OC(F)(F)C2(C(F)(F)O1)C(F)(F)OC(C)OC2(F)F. The fraction of sp³-hybridized carbons (Fsp3) is 1.00. The van der Waals surface area contributed by atoms with Gasteiger partial charge in [0.2, 0.25) is 0 Å². The lowest BCUT2D eigenvalue weighted by Gasteiger charge is -2.55. The summed E-state index contributed by atoms with van der Waals surface area (Å²) in [6, 6.07) is 0. The largest absolute Gasteiger partial charge is 0.389 e. The Morgan fingerprint density at radius 2 is 0.714 bits per heavy atom. The molecule has 0 aromatic rings. The molecule has 0 aromatic carbocycles. The molecule has 0 aliphatic carbocycles. The van der Waals surface area contributed by atoms with Gasteiger partial charge in [-0.05, 0) is 13.8 Å². The predicted molar refractivity (Wildman–Crippen MR) is 45.5 cm³/mol. The predicted octanol–water partition coefficient (Wildman–Crippen LogP) is 3.13. The van der Waals surface area contributed by atoms with Crippen molar-refractivity contribution in [2.24, 2.45) is 5.41 Å². The Morgan fingerprint density at radius 1 is 0.524 bits per heavy atom. The van der Waals surface area contributed by atoms with Crippen molar-refractivity contribution in [3.05, 3.63) is 0 Å². The zero-order valence-corrected chi connectivity index (χ0v) is 10.3. The molecule has 0 saturated carbocycles. The average Bonchev–Trinajstić information content (AvgIpc) is 2.05. The topological polar surface area (TPSA) is 36.9 Å². The van der Waals surface area contributed by atoms with Gasteiger partial charge < -0.3 is 0 Å². The molecular weight excluding hydrogens is 324 g/mol. The second-order valence-electron chi connectivity index (χ2n) is 4.42. The van der Waals surface area contributed by atoms with Gasteiger partial charge in [-0.1, -0.05) is 0 Å². The summed E-state index contributed by atoms with van der Waals surface area (Å²) in [5.41, 5.74) is -5.82. The molecule has 21 heavy (non-hydrogen) atoms. The van der Waals surface area contributed by atoms with E-state index < -0.39 is 42.4 Å². The maximum atomic E-state index is 13.7. The highest BCUT2D eigenvalue weighted by atomic mass is 19.3. The van der Waals surface area contributed by atoms with Crippen LogP contribution in [0.4, 0.5) is 35.1 Å². The van der Waals surface area contributed by atoms with Crippen LogP contribution in [0, 0.1) is 5.41 Å². The number of hydrogen-bond acceptors (Lipinski definition) is 4. The Balaban J connectivity index is 2.74. The molecule has 0 atom stereocenters. The lowest BCUT2D eigenvalue weighted by Crippen LogP contribution is -2.80. The molecule has 1 spiro atoms. The minimum absolute atomic E-state index is 0.498. The molecular formula is C9H8F8O4. The van der Waals surface area contributed by atoms with Crippen LogP contribution in [-0.2, 0) is 18.9 Å². The summed E-state index contributed by atoms with van der Waals surface area (Å²) in [4.78, 5) is 0. The van der Waals surface area contributed by atoms with Crippen molar-refractivity contribution in [1.29, 1.82) is 0 Å². The number of rotatable bonds is 0. The average molecular weight is 332 g/mol.